The first-order chi connectivity index (χ1) is 10.6. The van der Waals surface area contributed by atoms with Crippen LogP contribution in [0.15, 0.2) is 36.4 Å². The largest absolute Gasteiger partial charge is 0.481 e. The van der Waals surface area contributed by atoms with Crippen molar-refractivity contribution in [3.8, 4) is 0 Å². The van der Waals surface area contributed by atoms with Crippen LogP contribution in [0.1, 0.15) is 5.56 Å². The summed E-state index contributed by atoms with van der Waals surface area (Å²) in [7, 11) is 0. The molecule has 22 heavy (non-hydrogen) atoms. The highest BCUT2D eigenvalue weighted by Crippen LogP contribution is 2.39. The van der Waals surface area contributed by atoms with E-state index in [0.29, 0.717) is 18.0 Å². The number of rotatable bonds is 5. The number of halogens is 1. The first-order valence-electron chi connectivity index (χ1n) is 7.15. The van der Waals surface area contributed by atoms with Crippen LogP contribution in [0, 0.1) is 11.8 Å². The summed E-state index contributed by atoms with van der Waals surface area (Å²) in [4.78, 5) is 23.6. The number of carboxylic acids is 1. The van der Waals surface area contributed by atoms with Crippen molar-refractivity contribution in [2.24, 2.45) is 11.8 Å². The number of amides is 1. The molecule has 0 aliphatic carbocycles. The average molecular weight is 322 g/mol. The van der Waals surface area contributed by atoms with Gasteiger partial charge in [-0.05, 0) is 24.1 Å². The van der Waals surface area contributed by atoms with Gasteiger partial charge in [-0.2, -0.15) is 0 Å². The highest BCUT2D eigenvalue weighted by atomic mass is 35.5. The van der Waals surface area contributed by atoms with Gasteiger partial charge in [0.15, 0.2) is 0 Å². The average Bonchev–Trinajstić information content (AvgIpc) is 3.07. The Labute approximate surface area is 132 Å². The molecular weight excluding hydrogens is 306 g/mol. The molecule has 2 N–H and O–H groups in total. The first-order valence-corrected chi connectivity index (χ1v) is 7.53. The van der Waals surface area contributed by atoms with Crippen molar-refractivity contribution in [2.75, 3.05) is 6.54 Å². The summed E-state index contributed by atoms with van der Waals surface area (Å²) in [6, 6.07) is 7.42. The fourth-order valence-corrected chi connectivity index (χ4v) is 3.27. The van der Waals surface area contributed by atoms with Crippen molar-refractivity contribution >= 4 is 23.5 Å². The number of ether oxygens (including phenoxy) is 1. The van der Waals surface area contributed by atoms with E-state index in [1.54, 1.807) is 18.2 Å². The van der Waals surface area contributed by atoms with E-state index in [-0.39, 0.29) is 5.91 Å². The Morgan fingerprint density at radius 3 is 2.64 bits per heavy atom. The molecule has 2 heterocycles. The molecule has 1 aromatic carbocycles. The summed E-state index contributed by atoms with van der Waals surface area (Å²) < 4.78 is 5.49. The van der Waals surface area contributed by atoms with Crippen LogP contribution in [-0.2, 0) is 20.7 Å². The lowest BCUT2D eigenvalue weighted by Gasteiger charge is -2.20. The topological polar surface area (TPSA) is 75.6 Å². The molecule has 0 radical (unpaired) electrons. The molecule has 3 rings (SSSR count). The van der Waals surface area contributed by atoms with E-state index in [9.17, 15) is 14.7 Å². The SMILES string of the molecule is O=C(NCCc1cccc(Cl)c1)[C@@H]1[C@H](C(=O)O)[C@@H]2C=C[C@H]1O2. The van der Waals surface area contributed by atoms with Crippen LogP contribution < -0.4 is 5.32 Å². The third-order valence-electron chi connectivity index (χ3n) is 4.09. The second kappa shape index (κ2) is 6.10. The van der Waals surface area contributed by atoms with Gasteiger partial charge in [0.25, 0.3) is 0 Å². The maximum atomic E-state index is 12.3. The monoisotopic (exact) mass is 321 g/mol. The van der Waals surface area contributed by atoms with Crippen LogP contribution in [0.3, 0.4) is 0 Å². The standard InChI is InChI=1S/C16H16ClNO4/c17-10-3-1-2-9(8-10)6-7-18-15(19)13-11-4-5-12(22-11)14(13)16(20)21/h1-5,8,11-14H,6-7H2,(H,18,19)(H,20,21)/t11-,12+,13+,14-/m1/s1. The first kappa shape index (κ1) is 15.1. The predicted molar refractivity (Wildman–Crippen MR) is 80.6 cm³/mol. The van der Waals surface area contributed by atoms with Crippen molar-refractivity contribution in [1.82, 2.24) is 5.32 Å². The third kappa shape index (κ3) is 2.87. The van der Waals surface area contributed by atoms with E-state index in [2.05, 4.69) is 5.32 Å². The van der Waals surface area contributed by atoms with Gasteiger partial charge in [0.2, 0.25) is 5.91 Å². The van der Waals surface area contributed by atoms with Crippen LogP contribution in [0.2, 0.25) is 5.02 Å². The van der Waals surface area contributed by atoms with Gasteiger partial charge in [-0.15, -0.1) is 0 Å². The Balaban J connectivity index is 1.58. The highest BCUT2D eigenvalue weighted by Gasteiger charge is 2.53. The number of fused-ring (bicyclic) bond motifs is 2. The van der Waals surface area contributed by atoms with Gasteiger partial charge in [-0.1, -0.05) is 35.9 Å². The summed E-state index contributed by atoms with van der Waals surface area (Å²) in [5.41, 5.74) is 1.02. The van der Waals surface area contributed by atoms with Gasteiger partial charge in [0, 0.05) is 11.6 Å². The van der Waals surface area contributed by atoms with Gasteiger partial charge < -0.3 is 15.2 Å². The predicted octanol–water partition coefficient (Wildman–Crippen LogP) is 1.65. The van der Waals surface area contributed by atoms with Crippen LogP contribution in [0.25, 0.3) is 0 Å². The fourth-order valence-electron chi connectivity index (χ4n) is 3.06. The second-order valence-electron chi connectivity index (χ2n) is 5.51. The molecule has 1 fully saturated rings. The van der Waals surface area contributed by atoms with Crippen molar-refractivity contribution in [3.63, 3.8) is 0 Å². The minimum Gasteiger partial charge on any atom is -0.481 e. The van der Waals surface area contributed by atoms with Gasteiger partial charge in [0.1, 0.15) is 5.92 Å². The normalized spacial score (nSPS) is 28.8. The zero-order valence-corrected chi connectivity index (χ0v) is 12.5. The van der Waals surface area contributed by atoms with Gasteiger partial charge in [-0.25, -0.2) is 0 Å². The van der Waals surface area contributed by atoms with E-state index in [0.717, 1.165) is 5.56 Å². The molecule has 2 aliphatic rings. The number of aliphatic carboxylic acids is 1. The Bertz CT molecular complexity index is 630. The van der Waals surface area contributed by atoms with E-state index >= 15 is 0 Å². The van der Waals surface area contributed by atoms with Crippen molar-refractivity contribution in [3.05, 3.63) is 47.0 Å². The van der Waals surface area contributed by atoms with Crippen LogP contribution in [0.5, 0.6) is 0 Å². The molecule has 5 nitrogen and oxygen atoms in total. The molecule has 2 bridgehead atoms. The molecule has 0 saturated carbocycles. The molecular formula is C16H16ClNO4. The summed E-state index contributed by atoms with van der Waals surface area (Å²) in [5.74, 6) is -2.73. The van der Waals surface area contributed by atoms with Gasteiger partial charge in [-0.3, -0.25) is 9.59 Å². The molecule has 1 saturated heterocycles. The second-order valence-corrected chi connectivity index (χ2v) is 5.95. The molecule has 0 unspecified atom stereocenters. The third-order valence-corrected chi connectivity index (χ3v) is 4.32. The number of benzene rings is 1. The number of carbonyl (C=O) groups excluding carboxylic acids is 1. The molecule has 2 aliphatic heterocycles. The quantitative estimate of drug-likeness (QED) is 0.809. The van der Waals surface area contributed by atoms with Crippen LogP contribution in [-0.4, -0.2) is 35.7 Å². The van der Waals surface area contributed by atoms with E-state index in [4.69, 9.17) is 16.3 Å². The zero-order chi connectivity index (χ0) is 15.7. The zero-order valence-electron chi connectivity index (χ0n) is 11.7. The summed E-state index contributed by atoms with van der Waals surface area (Å²) >= 11 is 5.91. The smallest absolute Gasteiger partial charge is 0.310 e. The lowest BCUT2D eigenvalue weighted by atomic mass is 9.82. The number of nitrogens with one attached hydrogen (secondary N) is 1. The van der Waals surface area contributed by atoms with E-state index in [1.807, 2.05) is 18.2 Å². The van der Waals surface area contributed by atoms with E-state index < -0.39 is 30.0 Å². The number of carboxylic acid groups (broad SMARTS) is 1. The minimum atomic E-state index is -0.994. The molecule has 6 heteroatoms. The summed E-state index contributed by atoms with van der Waals surface area (Å²) in [5, 5.41) is 12.7. The Morgan fingerprint density at radius 1 is 1.23 bits per heavy atom. The minimum absolute atomic E-state index is 0.272. The number of hydrogen-bond acceptors (Lipinski definition) is 3. The van der Waals surface area contributed by atoms with Crippen molar-refractivity contribution < 1.29 is 19.4 Å². The van der Waals surface area contributed by atoms with E-state index in [1.165, 1.54) is 0 Å². The Hall–Kier alpha value is -1.85. The van der Waals surface area contributed by atoms with Crippen LogP contribution >= 0.6 is 11.6 Å². The Kier molecular flexibility index (Phi) is 4.18. The van der Waals surface area contributed by atoms with Crippen molar-refractivity contribution in [1.29, 1.82) is 0 Å². The lowest BCUT2D eigenvalue weighted by molar-refractivity contribution is -0.146. The van der Waals surface area contributed by atoms with Gasteiger partial charge in [0.05, 0.1) is 18.1 Å². The molecule has 1 aromatic rings. The Morgan fingerprint density at radius 2 is 1.95 bits per heavy atom. The maximum Gasteiger partial charge on any atom is 0.310 e. The van der Waals surface area contributed by atoms with Gasteiger partial charge >= 0.3 is 5.97 Å². The van der Waals surface area contributed by atoms with Crippen LogP contribution in [0.4, 0.5) is 0 Å². The molecule has 0 spiro atoms. The number of hydrogen-bond donors (Lipinski definition) is 2. The summed E-state index contributed by atoms with van der Waals surface area (Å²) in [6.45, 7) is 0.434. The number of carbonyl (C=O) groups is 2. The molecule has 116 valence electrons. The molecule has 1 amide bonds. The molecule has 0 aromatic heterocycles. The maximum absolute atomic E-state index is 12.3. The highest BCUT2D eigenvalue weighted by molar-refractivity contribution is 6.30. The van der Waals surface area contributed by atoms with Crippen molar-refractivity contribution in [2.45, 2.75) is 18.6 Å². The lowest BCUT2D eigenvalue weighted by Crippen LogP contribution is -2.43. The molecule has 4 atom stereocenters. The summed E-state index contributed by atoms with van der Waals surface area (Å²) in [6.07, 6.45) is 3.20. The fraction of sp³-hybridized carbons (Fsp3) is 0.375.